The molecule has 6 N–H and O–H groups in total. The van der Waals surface area contributed by atoms with Crippen molar-refractivity contribution in [3.63, 3.8) is 0 Å². The third-order valence-corrected chi connectivity index (χ3v) is 24.8. The Morgan fingerprint density at radius 3 is 0.560 bits per heavy atom. The first-order valence-corrected chi connectivity index (χ1v) is 46.7. The monoisotopic (exact) mass is 1790 g/mol. The summed E-state index contributed by atoms with van der Waals surface area (Å²) in [5.74, 6) is 2.29. The lowest BCUT2D eigenvalue weighted by molar-refractivity contribution is 0.0914. The highest BCUT2D eigenvalue weighted by atomic mass is 16.5. The normalized spacial score (nSPS) is 18.7. The van der Waals surface area contributed by atoms with Gasteiger partial charge in [-0.25, -0.2) is 15.0 Å². The molecule has 21 nitrogen and oxygen atoms in total. The Hall–Kier alpha value is -15.0. The van der Waals surface area contributed by atoms with E-state index in [2.05, 4.69) is 83.3 Å². The third kappa shape index (κ3) is 24.4. The molecule has 3 aromatic heterocycles. The number of nitrogens with zero attached hydrogens (tertiary/aromatic N) is 3. The van der Waals surface area contributed by atoms with E-state index in [4.69, 9.17) is 28.4 Å². The molecule has 0 unspecified atom stereocenters. The lowest BCUT2D eigenvalue weighted by Crippen LogP contribution is -2.30. The molecule has 6 amide bonds. The highest BCUT2D eigenvalue weighted by Crippen LogP contribution is 2.34. The Bertz CT molecular complexity index is 6420. The lowest BCUT2D eigenvalue weighted by Gasteiger charge is -2.17. The van der Waals surface area contributed by atoms with E-state index in [9.17, 15) is 28.8 Å². The first-order chi connectivity index (χ1) is 65.3. The molecular formula is C113H113N9O12. The fourth-order valence-electron chi connectivity index (χ4n) is 16.8. The van der Waals surface area contributed by atoms with Gasteiger partial charge in [0.25, 0.3) is 35.4 Å². The number of amides is 6. The highest BCUT2D eigenvalue weighted by molar-refractivity contribution is 6.00. The summed E-state index contributed by atoms with van der Waals surface area (Å²) in [6.45, 7) is 14.7. The fourth-order valence-corrected chi connectivity index (χ4v) is 16.8. The molecule has 0 saturated heterocycles. The average Bonchev–Trinajstić information content (AvgIpc) is 0.829. The summed E-state index contributed by atoms with van der Waals surface area (Å²) < 4.78 is 37.0. The average molecular weight is 1790 g/mol. The third-order valence-electron chi connectivity index (χ3n) is 24.8. The summed E-state index contributed by atoms with van der Waals surface area (Å²) in [6, 6.07) is 85.2. The number of rotatable bonds is 0. The fraction of sp³-hybridized carbons (Fsp3) is 0.265. The minimum absolute atomic E-state index is 0.129. The van der Waals surface area contributed by atoms with Gasteiger partial charge in [-0.15, -0.1) is 0 Å². The van der Waals surface area contributed by atoms with Crippen LogP contribution in [0.5, 0.6) is 34.5 Å². The number of aromatic nitrogens is 3. The number of ether oxygens (including phenoxy) is 6. The van der Waals surface area contributed by atoms with Crippen LogP contribution in [-0.2, 0) is 0 Å². The maximum Gasteiger partial charge on any atom is 0.270 e. The molecule has 35 rings (SSSR count). The van der Waals surface area contributed by atoms with Crippen LogP contribution in [-0.4, -0.2) is 90.0 Å². The largest absolute Gasteiger partial charge is 0.494 e. The van der Waals surface area contributed by atoms with E-state index in [1.165, 1.54) is 0 Å². The van der Waals surface area contributed by atoms with Crippen LogP contribution in [0, 0.1) is 0 Å². The van der Waals surface area contributed by atoms with Gasteiger partial charge in [0.1, 0.15) is 81.9 Å². The zero-order chi connectivity index (χ0) is 92.8. The van der Waals surface area contributed by atoms with E-state index in [1.807, 2.05) is 236 Å². The molecule has 21 heteroatoms. The SMILES string of the molecule is C[C@H]1NC(=O)c2cccc(n2)C(=O)N[C@H](C)c2ccc3cc(ccc3c2)OCCCCCCCCOc2ccc3cc(ccc3c2)[C@@H](C)NC(=O)c2cccc(n2)C(=O)N[C@H](C)c2ccc3cc(ccc3c2)OCCCCCCCCOc2ccc3cc(ccc3c2)[C@@H](C)NC(=O)c2cccc(n2)C(=O)N[C@H](C)c2ccc3cc(ccc3c2)OC/C=C/COc2ccc3cc1ccc3c2. The van der Waals surface area contributed by atoms with Crippen molar-refractivity contribution >= 4 is 100 Å². The Labute approximate surface area is 781 Å². The van der Waals surface area contributed by atoms with Crippen molar-refractivity contribution in [1.82, 2.24) is 46.9 Å². The van der Waals surface area contributed by atoms with Crippen molar-refractivity contribution in [2.75, 3.05) is 39.6 Å². The number of carbonyl (C=O) groups excluding carboxylic acids is 6. The first kappa shape index (κ1) is 92.3. The number of carbonyl (C=O) groups is 6. The zero-order valence-corrected chi connectivity index (χ0v) is 76.6. The highest BCUT2D eigenvalue weighted by Gasteiger charge is 2.24. The minimum atomic E-state index is -0.403. The van der Waals surface area contributed by atoms with Gasteiger partial charge in [0.05, 0.1) is 62.7 Å². The van der Waals surface area contributed by atoms with E-state index in [1.54, 1.807) is 54.6 Å². The summed E-state index contributed by atoms with van der Waals surface area (Å²) in [6.07, 6.45) is 16.3. The molecule has 0 aliphatic carbocycles. The van der Waals surface area contributed by atoms with Crippen molar-refractivity contribution in [1.29, 1.82) is 0 Å². The van der Waals surface area contributed by atoms with Gasteiger partial charge in [-0.2, -0.15) is 0 Å². The van der Waals surface area contributed by atoms with Crippen molar-refractivity contribution < 1.29 is 57.2 Å². The quantitative estimate of drug-likeness (QED) is 0.0771. The molecule has 12 aromatic carbocycles. The summed E-state index contributed by atoms with van der Waals surface area (Å²) in [5.41, 5.74) is 6.31. The molecule has 0 saturated carbocycles. The van der Waals surface area contributed by atoms with Gasteiger partial charge in [0, 0.05) is 0 Å². The predicted molar refractivity (Wildman–Crippen MR) is 529 cm³/mol. The molecule has 0 spiro atoms. The Balaban J connectivity index is 0.506. The summed E-state index contributed by atoms with van der Waals surface area (Å²) in [5, 5.41) is 30.6. The van der Waals surface area contributed by atoms with Crippen molar-refractivity contribution in [3.05, 3.63) is 353 Å². The van der Waals surface area contributed by atoms with Crippen LogP contribution in [0.25, 0.3) is 64.6 Å². The smallest absolute Gasteiger partial charge is 0.270 e. The van der Waals surface area contributed by atoms with Crippen molar-refractivity contribution in [3.8, 4) is 34.5 Å². The van der Waals surface area contributed by atoms with Gasteiger partial charge in [-0.1, -0.05) is 179 Å². The van der Waals surface area contributed by atoms with Crippen LogP contribution in [0.15, 0.2) is 285 Å². The lowest BCUT2D eigenvalue weighted by atomic mass is 10.0. The van der Waals surface area contributed by atoms with Crippen LogP contribution < -0.4 is 60.3 Å². The topological polar surface area (TPSA) is 269 Å². The predicted octanol–water partition coefficient (Wildman–Crippen LogP) is 23.7. The molecule has 134 heavy (non-hydrogen) atoms. The molecule has 30 bridgehead atoms. The number of hydrogen-bond acceptors (Lipinski definition) is 15. The van der Waals surface area contributed by atoms with Gasteiger partial charge in [0.15, 0.2) is 0 Å². The molecular weight excluding hydrogens is 1680 g/mol. The Kier molecular flexibility index (Phi) is 30.5. The van der Waals surface area contributed by atoms with Gasteiger partial charge in [-0.05, 0) is 323 Å². The Morgan fingerprint density at radius 2 is 0.366 bits per heavy atom. The molecule has 15 aromatic rings. The molecule has 0 radical (unpaired) electrons. The second kappa shape index (κ2) is 44.3. The van der Waals surface area contributed by atoms with Crippen LogP contribution in [0.1, 0.15) is 251 Å². The van der Waals surface area contributed by atoms with E-state index in [0.717, 1.165) is 198 Å². The molecule has 20 aliphatic heterocycles. The van der Waals surface area contributed by atoms with Crippen LogP contribution in [0.2, 0.25) is 0 Å². The van der Waals surface area contributed by atoms with E-state index in [0.29, 0.717) is 51.1 Å². The molecule has 23 heterocycles. The molecule has 20 aliphatic rings. The van der Waals surface area contributed by atoms with Gasteiger partial charge in [-0.3, -0.25) is 28.8 Å². The van der Waals surface area contributed by atoms with E-state index < -0.39 is 23.6 Å². The standard InChI is InChI=1S/C113H113N9O12/c1-72-78-30-36-90-66-96(48-42-84(90)60-78)129-54-15-11-7-9-13-17-56-131-98-50-44-86-62-80(32-38-92(86)68-98)74(3)116-110(125)104-26-22-28-106(121-104)112(127)118-76(5)82-34-40-94-70-100(52-46-88(94)64-82)133-58-19-20-59-134-101-53-47-89-65-83(35-41-95(89)71-101)77(6)119-113(128)107-29-23-27-105(122-107)111(126)117-75(4)81-33-39-93-69-99(51-45-87(93)63-81)132-57-18-14-10-8-12-16-55-130-97-49-43-85-61-79(31-37-91(85)67-97)73(2)115-109(124)103-25-21-24-102(120-103)108(123)114-72/h19-53,60-77H,7-18,54-59H2,1-6H3,(H,114,123)(H,115,124)(H,116,125)(H,117,126)(H,118,127)(H,119,128)/b20-19+/t72-,73-,74-,75-,76-,77-/m1/s1. The second-order valence-corrected chi connectivity index (χ2v) is 34.7. The molecule has 0 fully saturated rings. The number of hydrogen-bond donors (Lipinski definition) is 6. The number of nitrogens with one attached hydrogen (secondary N) is 6. The van der Waals surface area contributed by atoms with Gasteiger partial charge < -0.3 is 60.3 Å². The minimum Gasteiger partial charge on any atom is -0.494 e. The van der Waals surface area contributed by atoms with E-state index in [-0.39, 0.29) is 82.2 Å². The summed E-state index contributed by atoms with van der Waals surface area (Å²) in [7, 11) is 0. The number of benzene rings is 12. The first-order valence-electron chi connectivity index (χ1n) is 46.7. The number of pyridine rings is 3. The Morgan fingerprint density at radius 1 is 0.201 bits per heavy atom. The second-order valence-electron chi connectivity index (χ2n) is 34.7. The van der Waals surface area contributed by atoms with E-state index >= 15 is 0 Å². The van der Waals surface area contributed by atoms with Gasteiger partial charge in [0.2, 0.25) is 0 Å². The summed E-state index contributed by atoms with van der Waals surface area (Å²) in [4.78, 5) is 95.6. The van der Waals surface area contributed by atoms with Crippen LogP contribution >= 0.6 is 0 Å². The van der Waals surface area contributed by atoms with Crippen LogP contribution in [0.4, 0.5) is 0 Å². The van der Waals surface area contributed by atoms with Crippen molar-refractivity contribution in [2.24, 2.45) is 0 Å². The van der Waals surface area contributed by atoms with Crippen LogP contribution in [0.3, 0.4) is 0 Å². The molecule has 6 atom stereocenters. The molecule has 682 valence electrons. The van der Waals surface area contributed by atoms with Crippen molar-refractivity contribution in [2.45, 2.75) is 155 Å². The maximum absolute atomic E-state index is 13.7. The zero-order valence-electron chi connectivity index (χ0n) is 76.6. The summed E-state index contributed by atoms with van der Waals surface area (Å²) >= 11 is 0. The van der Waals surface area contributed by atoms with Gasteiger partial charge >= 0.3 is 0 Å². The maximum atomic E-state index is 13.7.